The molecule has 6 heteroatoms. The maximum absolute atomic E-state index is 12.3. The predicted octanol–water partition coefficient (Wildman–Crippen LogP) is 0.758. The molecule has 1 heterocycles. The van der Waals surface area contributed by atoms with Crippen molar-refractivity contribution < 1.29 is 19.5 Å². The molecule has 2 aliphatic rings. The van der Waals surface area contributed by atoms with Crippen molar-refractivity contribution in [3.63, 3.8) is 0 Å². The summed E-state index contributed by atoms with van der Waals surface area (Å²) in [6, 6.07) is 0. The number of likely N-dealkylation sites (tertiary alicyclic amines) is 1. The van der Waals surface area contributed by atoms with Gasteiger partial charge >= 0.3 is 5.97 Å². The number of nitrogens with zero attached hydrogens (tertiary/aromatic N) is 1. The monoisotopic (exact) mass is 282 g/mol. The quantitative estimate of drug-likeness (QED) is 0.797. The summed E-state index contributed by atoms with van der Waals surface area (Å²) in [5.74, 6) is -1.19. The Bertz CT molecular complexity index is 417. The van der Waals surface area contributed by atoms with Crippen molar-refractivity contribution >= 4 is 17.8 Å². The molecule has 2 N–H and O–H groups in total. The fourth-order valence-electron chi connectivity index (χ4n) is 3.08. The molecule has 1 unspecified atom stereocenters. The molecular weight excluding hydrogens is 260 g/mol. The molecule has 0 aromatic carbocycles. The van der Waals surface area contributed by atoms with Gasteiger partial charge in [-0.1, -0.05) is 0 Å². The molecule has 1 aliphatic carbocycles. The minimum Gasteiger partial charge on any atom is -0.481 e. The van der Waals surface area contributed by atoms with E-state index in [1.165, 1.54) is 6.92 Å². The fraction of sp³-hybridized carbons (Fsp3) is 0.786. The van der Waals surface area contributed by atoms with E-state index in [-0.39, 0.29) is 24.2 Å². The Labute approximate surface area is 118 Å². The average Bonchev–Trinajstić information content (AvgIpc) is 2.35. The Morgan fingerprint density at radius 1 is 1.30 bits per heavy atom. The lowest BCUT2D eigenvalue weighted by Crippen LogP contribution is -2.57. The summed E-state index contributed by atoms with van der Waals surface area (Å²) >= 11 is 0. The highest BCUT2D eigenvalue weighted by Crippen LogP contribution is 2.35. The van der Waals surface area contributed by atoms with Gasteiger partial charge < -0.3 is 15.3 Å². The number of piperidine rings is 1. The standard InChI is InChI=1S/C14H22N2O4/c1-10(17)16-7-2-4-11(9-16)13(20)15-14(5-3-6-14)8-12(18)19/h11H,2-9H2,1H3,(H,15,20)(H,18,19). The molecule has 1 saturated heterocycles. The van der Waals surface area contributed by atoms with Gasteiger partial charge in [0.05, 0.1) is 17.9 Å². The van der Waals surface area contributed by atoms with Crippen LogP contribution in [0, 0.1) is 5.92 Å². The maximum Gasteiger partial charge on any atom is 0.305 e. The third-order valence-corrected chi connectivity index (χ3v) is 4.43. The van der Waals surface area contributed by atoms with Crippen LogP contribution >= 0.6 is 0 Å². The van der Waals surface area contributed by atoms with Crippen LogP contribution in [0.5, 0.6) is 0 Å². The first-order valence-electron chi connectivity index (χ1n) is 7.21. The van der Waals surface area contributed by atoms with E-state index in [1.807, 2.05) is 0 Å². The molecule has 0 spiro atoms. The average molecular weight is 282 g/mol. The first-order chi connectivity index (χ1) is 9.42. The van der Waals surface area contributed by atoms with E-state index in [9.17, 15) is 14.4 Å². The largest absolute Gasteiger partial charge is 0.481 e. The molecule has 2 amide bonds. The zero-order valence-corrected chi connectivity index (χ0v) is 11.9. The predicted molar refractivity (Wildman–Crippen MR) is 72.0 cm³/mol. The molecule has 0 bridgehead atoms. The third kappa shape index (κ3) is 3.29. The van der Waals surface area contributed by atoms with Crippen LogP contribution in [0.1, 0.15) is 45.4 Å². The first-order valence-corrected chi connectivity index (χ1v) is 7.21. The van der Waals surface area contributed by atoms with Crippen molar-refractivity contribution in [1.29, 1.82) is 0 Å². The molecule has 112 valence electrons. The van der Waals surface area contributed by atoms with Crippen LogP contribution in [0.25, 0.3) is 0 Å². The summed E-state index contributed by atoms with van der Waals surface area (Å²) in [6.07, 6.45) is 3.99. The number of amides is 2. The van der Waals surface area contributed by atoms with Crippen molar-refractivity contribution in [2.45, 2.75) is 51.0 Å². The Balaban J connectivity index is 1.93. The van der Waals surface area contributed by atoms with Gasteiger partial charge in [-0.2, -0.15) is 0 Å². The number of hydrogen-bond acceptors (Lipinski definition) is 3. The summed E-state index contributed by atoms with van der Waals surface area (Å²) in [5.41, 5.74) is -0.554. The Kier molecular flexibility index (Phi) is 4.30. The van der Waals surface area contributed by atoms with E-state index in [4.69, 9.17) is 5.11 Å². The van der Waals surface area contributed by atoms with Crippen molar-refractivity contribution in [2.75, 3.05) is 13.1 Å². The molecule has 6 nitrogen and oxygen atoms in total. The van der Waals surface area contributed by atoms with Crippen LogP contribution in [0.2, 0.25) is 0 Å². The Morgan fingerprint density at radius 3 is 2.50 bits per heavy atom. The van der Waals surface area contributed by atoms with Gasteiger partial charge in [-0.05, 0) is 32.1 Å². The molecule has 0 aromatic heterocycles. The Hall–Kier alpha value is -1.59. The molecule has 1 saturated carbocycles. The van der Waals surface area contributed by atoms with Crippen LogP contribution in [0.15, 0.2) is 0 Å². The van der Waals surface area contributed by atoms with Crippen molar-refractivity contribution in [2.24, 2.45) is 5.92 Å². The maximum atomic E-state index is 12.3. The number of rotatable bonds is 4. The van der Waals surface area contributed by atoms with Gasteiger partial charge in [-0.25, -0.2) is 0 Å². The molecule has 1 aliphatic heterocycles. The van der Waals surface area contributed by atoms with Crippen LogP contribution in [0.3, 0.4) is 0 Å². The molecule has 2 fully saturated rings. The second-order valence-electron chi connectivity index (χ2n) is 6.00. The number of hydrogen-bond donors (Lipinski definition) is 2. The molecule has 0 aromatic rings. The summed E-state index contributed by atoms with van der Waals surface area (Å²) in [4.78, 5) is 36.3. The first kappa shape index (κ1) is 14.8. The minimum atomic E-state index is -0.876. The van der Waals surface area contributed by atoms with Gasteiger partial charge in [0.25, 0.3) is 0 Å². The van der Waals surface area contributed by atoms with Crippen molar-refractivity contribution in [1.82, 2.24) is 10.2 Å². The minimum absolute atomic E-state index is 0.00797. The van der Waals surface area contributed by atoms with Crippen LogP contribution in [-0.2, 0) is 14.4 Å². The van der Waals surface area contributed by atoms with E-state index in [1.54, 1.807) is 4.90 Å². The fourth-order valence-corrected chi connectivity index (χ4v) is 3.08. The highest BCUT2D eigenvalue weighted by molar-refractivity contribution is 5.82. The topological polar surface area (TPSA) is 86.7 Å². The van der Waals surface area contributed by atoms with Gasteiger partial charge in [0.1, 0.15) is 0 Å². The van der Waals surface area contributed by atoms with Crippen molar-refractivity contribution in [3.05, 3.63) is 0 Å². The number of carboxylic acid groups (broad SMARTS) is 1. The number of nitrogens with one attached hydrogen (secondary N) is 1. The van der Waals surface area contributed by atoms with E-state index < -0.39 is 11.5 Å². The SMILES string of the molecule is CC(=O)N1CCCC(C(=O)NC2(CC(=O)O)CCC2)C1. The molecule has 2 rings (SSSR count). The van der Waals surface area contributed by atoms with Gasteiger partial charge in [-0.3, -0.25) is 14.4 Å². The van der Waals surface area contributed by atoms with Crippen LogP contribution < -0.4 is 5.32 Å². The highest BCUT2D eigenvalue weighted by atomic mass is 16.4. The highest BCUT2D eigenvalue weighted by Gasteiger charge is 2.42. The summed E-state index contributed by atoms with van der Waals surface area (Å²) < 4.78 is 0. The number of carbonyl (C=O) groups excluding carboxylic acids is 2. The second-order valence-corrected chi connectivity index (χ2v) is 6.00. The van der Waals surface area contributed by atoms with E-state index >= 15 is 0 Å². The zero-order valence-electron chi connectivity index (χ0n) is 11.9. The lowest BCUT2D eigenvalue weighted by Gasteiger charge is -2.43. The number of carbonyl (C=O) groups is 3. The second kappa shape index (κ2) is 5.81. The summed E-state index contributed by atoms with van der Waals surface area (Å²) in [5, 5.41) is 11.9. The normalized spacial score (nSPS) is 24.6. The number of aliphatic carboxylic acids is 1. The summed E-state index contributed by atoms with van der Waals surface area (Å²) in [6.45, 7) is 2.67. The summed E-state index contributed by atoms with van der Waals surface area (Å²) in [7, 11) is 0. The van der Waals surface area contributed by atoms with Gasteiger partial charge in [0.15, 0.2) is 0 Å². The van der Waals surface area contributed by atoms with Gasteiger partial charge in [-0.15, -0.1) is 0 Å². The lowest BCUT2D eigenvalue weighted by atomic mass is 9.74. The molecule has 0 radical (unpaired) electrons. The van der Waals surface area contributed by atoms with Crippen molar-refractivity contribution in [3.8, 4) is 0 Å². The van der Waals surface area contributed by atoms with E-state index in [2.05, 4.69) is 5.32 Å². The van der Waals surface area contributed by atoms with E-state index in [0.29, 0.717) is 13.1 Å². The lowest BCUT2D eigenvalue weighted by molar-refractivity contribution is -0.141. The molecule has 1 atom stereocenters. The van der Waals surface area contributed by atoms with Crippen LogP contribution in [-0.4, -0.2) is 46.4 Å². The Morgan fingerprint density at radius 2 is 2.00 bits per heavy atom. The van der Waals surface area contributed by atoms with E-state index in [0.717, 1.165) is 32.1 Å². The smallest absolute Gasteiger partial charge is 0.305 e. The zero-order chi connectivity index (χ0) is 14.8. The van der Waals surface area contributed by atoms with Gasteiger partial charge in [0, 0.05) is 20.0 Å². The number of carboxylic acids is 1. The van der Waals surface area contributed by atoms with Crippen LogP contribution in [0.4, 0.5) is 0 Å². The van der Waals surface area contributed by atoms with Gasteiger partial charge in [0.2, 0.25) is 11.8 Å². The molecule has 20 heavy (non-hydrogen) atoms. The molecular formula is C14H22N2O4. The third-order valence-electron chi connectivity index (χ3n) is 4.43.